The highest BCUT2D eigenvalue weighted by Crippen LogP contribution is 2.26. The number of hydrogen-bond donors (Lipinski definition) is 0. The Kier molecular flexibility index (Phi) is 6.14. The van der Waals surface area contributed by atoms with Crippen LogP contribution in [0.15, 0.2) is 54.6 Å². The van der Waals surface area contributed by atoms with Crippen LogP contribution in [0.3, 0.4) is 0 Å². The molecule has 5 rings (SSSR count). The normalized spacial score (nSPS) is 17.8. The van der Waals surface area contributed by atoms with Crippen LogP contribution < -0.4 is 0 Å². The smallest absolute Gasteiger partial charge is 0.254 e. The molecule has 5 nitrogen and oxygen atoms in total. The Hall–Kier alpha value is -2.83. The van der Waals surface area contributed by atoms with Crippen molar-refractivity contribution < 1.29 is 9.18 Å². The first-order valence-electron chi connectivity index (χ1n) is 11.6. The SMILES string of the molecule is O=C(c1cc(-c2ccc(F)cc2)nc2ccccc12)N1CCN(CCN2CCCC2)CC1. The summed E-state index contributed by atoms with van der Waals surface area (Å²) in [5.74, 6) is -0.236. The minimum atomic E-state index is -0.284. The zero-order chi connectivity index (χ0) is 21.9. The van der Waals surface area contributed by atoms with E-state index in [1.54, 1.807) is 12.1 Å². The third kappa shape index (κ3) is 4.52. The van der Waals surface area contributed by atoms with Gasteiger partial charge >= 0.3 is 0 Å². The molecule has 0 atom stereocenters. The van der Waals surface area contributed by atoms with E-state index in [4.69, 9.17) is 4.98 Å². The molecule has 0 radical (unpaired) electrons. The number of carbonyl (C=O) groups excluding carboxylic acids is 1. The molecule has 6 heteroatoms. The third-order valence-corrected chi connectivity index (χ3v) is 6.68. The van der Waals surface area contributed by atoms with Crippen molar-refractivity contribution in [3.63, 3.8) is 0 Å². The molecule has 0 bridgehead atoms. The van der Waals surface area contributed by atoms with Gasteiger partial charge in [0.15, 0.2) is 0 Å². The van der Waals surface area contributed by atoms with E-state index in [-0.39, 0.29) is 11.7 Å². The van der Waals surface area contributed by atoms with Crippen molar-refractivity contribution in [2.24, 2.45) is 0 Å². The lowest BCUT2D eigenvalue weighted by Crippen LogP contribution is -2.50. The summed E-state index contributed by atoms with van der Waals surface area (Å²) >= 11 is 0. The van der Waals surface area contributed by atoms with Crippen molar-refractivity contribution in [3.8, 4) is 11.3 Å². The number of nitrogens with zero attached hydrogens (tertiary/aromatic N) is 4. The highest BCUT2D eigenvalue weighted by atomic mass is 19.1. The van der Waals surface area contributed by atoms with Crippen molar-refractivity contribution >= 4 is 16.8 Å². The maximum absolute atomic E-state index is 13.5. The molecule has 0 saturated carbocycles. The molecular formula is C26H29FN4O. The van der Waals surface area contributed by atoms with Crippen LogP contribution in [-0.4, -0.2) is 77.9 Å². The predicted octanol–water partition coefficient (Wildman–Crippen LogP) is 3.89. The number of para-hydroxylation sites is 1. The van der Waals surface area contributed by atoms with Crippen LogP contribution in [0.2, 0.25) is 0 Å². The summed E-state index contributed by atoms with van der Waals surface area (Å²) in [5, 5.41) is 0.861. The van der Waals surface area contributed by atoms with Gasteiger partial charge in [0.25, 0.3) is 5.91 Å². The van der Waals surface area contributed by atoms with Crippen molar-refractivity contribution in [1.29, 1.82) is 0 Å². The molecule has 0 spiro atoms. The summed E-state index contributed by atoms with van der Waals surface area (Å²) in [6.45, 7) is 7.95. The quantitative estimate of drug-likeness (QED) is 0.613. The van der Waals surface area contributed by atoms with Crippen molar-refractivity contribution in [2.75, 3.05) is 52.4 Å². The lowest BCUT2D eigenvalue weighted by atomic mass is 10.0. The number of likely N-dealkylation sites (tertiary alicyclic amines) is 1. The minimum absolute atomic E-state index is 0.0474. The van der Waals surface area contributed by atoms with E-state index in [1.165, 1.54) is 38.1 Å². The van der Waals surface area contributed by atoms with E-state index in [9.17, 15) is 9.18 Å². The van der Waals surface area contributed by atoms with Gasteiger partial charge in [-0.05, 0) is 62.3 Å². The average Bonchev–Trinajstić information content (AvgIpc) is 3.36. The Morgan fingerprint density at radius 2 is 1.50 bits per heavy atom. The number of benzene rings is 2. The number of piperazine rings is 1. The van der Waals surface area contributed by atoms with Crippen LogP contribution in [0.1, 0.15) is 23.2 Å². The number of aromatic nitrogens is 1. The number of fused-ring (bicyclic) bond motifs is 1. The van der Waals surface area contributed by atoms with Gasteiger partial charge in [-0.25, -0.2) is 9.37 Å². The van der Waals surface area contributed by atoms with Gasteiger partial charge in [0.2, 0.25) is 0 Å². The van der Waals surface area contributed by atoms with Gasteiger partial charge in [-0.15, -0.1) is 0 Å². The predicted molar refractivity (Wildman–Crippen MR) is 125 cm³/mol. The Bertz CT molecular complexity index is 1090. The first kappa shape index (κ1) is 21.0. The Balaban J connectivity index is 1.33. The van der Waals surface area contributed by atoms with Crippen molar-refractivity contribution in [3.05, 3.63) is 66.0 Å². The lowest BCUT2D eigenvalue weighted by molar-refractivity contribution is 0.0628. The van der Waals surface area contributed by atoms with Gasteiger partial charge in [0.1, 0.15) is 5.82 Å². The summed E-state index contributed by atoms with van der Waals surface area (Å²) in [6, 6.07) is 15.9. The minimum Gasteiger partial charge on any atom is -0.336 e. The fourth-order valence-electron chi connectivity index (χ4n) is 4.75. The standard InChI is InChI=1S/C26H29FN4O/c27-21-9-7-20(8-10-21)25-19-23(22-5-1-2-6-24(22)28-25)26(32)31-17-15-30(16-18-31)14-13-29-11-3-4-12-29/h1-2,5-10,19H,3-4,11-18H2. The van der Waals surface area contributed by atoms with Crippen molar-refractivity contribution in [1.82, 2.24) is 19.7 Å². The Morgan fingerprint density at radius 1 is 0.844 bits per heavy atom. The van der Waals surface area contributed by atoms with Crippen LogP contribution in [0.4, 0.5) is 4.39 Å². The van der Waals surface area contributed by atoms with E-state index in [2.05, 4.69) is 9.80 Å². The van der Waals surface area contributed by atoms with Crippen LogP contribution in [0.5, 0.6) is 0 Å². The fourth-order valence-corrected chi connectivity index (χ4v) is 4.75. The molecule has 0 aliphatic carbocycles. The summed E-state index contributed by atoms with van der Waals surface area (Å²) in [5.41, 5.74) is 2.94. The van der Waals surface area contributed by atoms with E-state index in [0.717, 1.165) is 55.7 Å². The van der Waals surface area contributed by atoms with Crippen LogP contribution >= 0.6 is 0 Å². The first-order chi connectivity index (χ1) is 15.7. The summed E-state index contributed by atoms with van der Waals surface area (Å²) in [7, 11) is 0. The number of amides is 1. The average molecular weight is 433 g/mol. The third-order valence-electron chi connectivity index (χ3n) is 6.68. The van der Waals surface area contributed by atoms with Gasteiger partial charge in [-0.2, -0.15) is 0 Å². The lowest BCUT2D eigenvalue weighted by Gasteiger charge is -2.35. The second-order valence-electron chi connectivity index (χ2n) is 8.76. The molecule has 3 heterocycles. The van der Waals surface area contributed by atoms with Crippen LogP contribution in [-0.2, 0) is 0 Å². The molecule has 0 N–H and O–H groups in total. The van der Waals surface area contributed by atoms with Gasteiger partial charge in [-0.1, -0.05) is 18.2 Å². The molecule has 1 amide bonds. The monoisotopic (exact) mass is 432 g/mol. The number of carbonyl (C=O) groups is 1. The molecule has 2 aromatic carbocycles. The highest BCUT2D eigenvalue weighted by molar-refractivity contribution is 6.07. The Labute approximate surface area is 188 Å². The van der Waals surface area contributed by atoms with E-state index in [1.807, 2.05) is 35.2 Å². The largest absolute Gasteiger partial charge is 0.336 e. The molecule has 32 heavy (non-hydrogen) atoms. The first-order valence-corrected chi connectivity index (χ1v) is 11.6. The summed E-state index contributed by atoms with van der Waals surface area (Å²) in [4.78, 5) is 25.2. The maximum Gasteiger partial charge on any atom is 0.254 e. The highest BCUT2D eigenvalue weighted by Gasteiger charge is 2.25. The topological polar surface area (TPSA) is 39.7 Å². The number of rotatable bonds is 5. The molecule has 166 valence electrons. The number of halogens is 1. The second kappa shape index (κ2) is 9.35. The Morgan fingerprint density at radius 3 is 2.22 bits per heavy atom. The number of pyridine rings is 1. The van der Waals surface area contributed by atoms with E-state index in [0.29, 0.717) is 11.3 Å². The molecule has 2 fully saturated rings. The molecule has 3 aromatic rings. The second-order valence-corrected chi connectivity index (χ2v) is 8.76. The van der Waals surface area contributed by atoms with E-state index >= 15 is 0 Å². The molecule has 2 saturated heterocycles. The van der Waals surface area contributed by atoms with Crippen molar-refractivity contribution in [2.45, 2.75) is 12.8 Å². The zero-order valence-electron chi connectivity index (χ0n) is 18.3. The van der Waals surface area contributed by atoms with Gasteiger partial charge in [-0.3, -0.25) is 9.69 Å². The summed E-state index contributed by atoms with van der Waals surface area (Å²) in [6.07, 6.45) is 2.64. The van der Waals surface area contributed by atoms with Gasteiger partial charge in [0.05, 0.1) is 16.8 Å². The molecule has 1 aromatic heterocycles. The maximum atomic E-state index is 13.5. The van der Waals surface area contributed by atoms with Crippen LogP contribution in [0, 0.1) is 5.82 Å². The molecular weight excluding hydrogens is 403 g/mol. The van der Waals surface area contributed by atoms with Crippen LogP contribution in [0.25, 0.3) is 22.2 Å². The zero-order valence-corrected chi connectivity index (χ0v) is 18.3. The summed E-state index contributed by atoms with van der Waals surface area (Å²) < 4.78 is 13.4. The molecule has 2 aliphatic heterocycles. The molecule has 2 aliphatic rings. The van der Waals surface area contributed by atoms with Gasteiger partial charge < -0.3 is 9.80 Å². The molecule has 0 unspecified atom stereocenters. The van der Waals surface area contributed by atoms with Gasteiger partial charge in [0, 0.05) is 50.2 Å². The van der Waals surface area contributed by atoms with E-state index < -0.39 is 0 Å². The number of hydrogen-bond acceptors (Lipinski definition) is 4. The fraction of sp³-hybridized carbons (Fsp3) is 0.385.